The molecule has 8 heteroatoms. The van der Waals surface area contributed by atoms with E-state index in [2.05, 4.69) is 26.8 Å². The second kappa shape index (κ2) is 9.57. The van der Waals surface area contributed by atoms with Gasteiger partial charge in [0.25, 0.3) is 11.8 Å². The van der Waals surface area contributed by atoms with Gasteiger partial charge in [0, 0.05) is 17.7 Å². The highest BCUT2D eigenvalue weighted by Gasteiger charge is 2.16. The van der Waals surface area contributed by atoms with Crippen molar-refractivity contribution < 1.29 is 23.8 Å². The van der Waals surface area contributed by atoms with E-state index in [0.717, 1.165) is 19.4 Å². The first-order valence-corrected chi connectivity index (χ1v) is 9.65. The summed E-state index contributed by atoms with van der Waals surface area (Å²) in [7, 11) is 1.54. The van der Waals surface area contributed by atoms with Gasteiger partial charge in [-0.25, -0.2) is 0 Å². The number of hydrogen-bond donors (Lipinski definition) is 2. The summed E-state index contributed by atoms with van der Waals surface area (Å²) in [6.07, 6.45) is 2.20. The van der Waals surface area contributed by atoms with Gasteiger partial charge in [-0.2, -0.15) is 0 Å². The van der Waals surface area contributed by atoms with Crippen molar-refractivity contribution in [2.24, 2.45) is 0 Å². The maximum atomic E-state index is 12.2. The zero-order valence-electron chi connectivity index (χ0n) is 15.4. The first kappa shape index (κ1) is 20.2. The second-order valence-electron chi connectivity index (χ2n) is 6.23. The molecule has 148 valence electrons. The molecule has 0 saturated carbocycles. The fourth-order valence-corrected chi connectivity index (χ4v) is 3.27. The summed E-state index contributed by atoms with van der Waals surface area (Å²) < 4.78 is 17.0. The topological polar surface area (TPSA) is 85.9 Å². The number of hydrogen-bond acceptors (Lipinski definition) is 5. The van der Waals surface area contributed by atoms with Gasteiger partial charge in [0.1, 0.15) is 18.1 Å². The number of nitrogens with one attached hydrogen (secondary N) is 2. The molecule has 1 saturated heterocycles. The number of amides is 2. The Kier molecular flexibility index (Phi) is 6.89. The summed E-state index contributed by atoms with van der Waals surface area (Å²) in [6.45, 7) is 1.28. The highest BCUT2D eigenvalue weighted by atomic mass is 79.9. The zero-order valence-corrected chi connectivity index (χ0v) is 17.0. The molecule has 28 heavy (non-hydrogen) atoms. The van der Waals surface area contributed by atoms with Gasteiger partial charge < -0.3 is 14.2 Å². The molecule has 1 unspecified atom stereocenters. The van der Waals surface area contributed by atoms with Crippen molar-refractivity contribution >= 4 is 27.7 Å². The van der Waals surface area contributed by atoms with E-state index in [9.17, 15) is 9.59 Å². The van der Waals surface area contributed by atoms with E-state index in [1.807, 2.05) is 0 Å². The molecule has 0 aromatic heterocycles. The van der Waals surface area contributed by atoms with E-state index in [-0.39, 0.29) is 6.10 Å². The van der Waals surface area contributed by atoms with Crippen molar-refractivity contribution in [3.05, 3.63) is 58.1 Å². The number of rotatable bonds is 6. The molecule has 1 heterocycles. The van der Waals surface area contributed by atoms with E-state index in [1.54, 1.807) is 49.6 Å². The van der Waals surface area contributed by atoms with Gasteiger partial charge in [0.15, 0.2) is 0 Å². The monoisotopic (exact) mass is 448 g/mol. The van der Waals surface area contributed by atoms with Crippen molar-refractivity contribution in [2.45, 2.75) is 18.9 Å². The Morgan fingerprint density at radius 1 is 1.11 bits per heavy atom. The Labute approximate surface area is 171 Å². The van der Waals surface area contributed by atoms with E-state index in [1.165, 1.54) is 0 Å². The fourth-order valence-electron chi connectivity index (χ4n) is 2.73. The molecular formula is C20H21BrN2O5. The maximum absolute atomic E-state index is 12.2. The summed E-state index contributed by atoms with van der Waals surface area (Å²) in [4.78, 5) is 24.4. The normalized spacial score (nSPS) is 15.7. The lowest BCUT2D eigenvalue weighted by atomic mass is 10.2. The predicted octanol–water partition coefficient (Wildman–Crippen LogP) is 3.09. The summed E-state index contributed by atoms with van der Waals surface area (Å²) in [6, 6.07) is 11.6. The lowest BCUT2D eigenvalue weighted by molar-refractivity contribution is 0.0679. The lowest BCUT2D eigenvalue weighted by Gasteiger charge is -2.12. The Balaban J connectivity index is 1.50. The van der Waals surface area contributed by atoms with Crippen LogP contribution in [0.3, 0.4) is 0 Å². The van der Waals surface area contributed by atoms with Gasteiger partial charge in [-0.05, 0) is 71.2 Å². The molecule has 3 rings (SSSR count). The average molecular weight is 449 g/mol. The van der Waals surface area contributed by atoms with Crippen LogP contribution in [0.5, 0.6) is 11.5 Å². The van der Waals surface area contributed by atoms with E-state index in [0.29, 0.717) is 33.7 Å². The predicted molar refractivity (Wildman–Crippen MR) is 107 cm³/mol. The van der Waals surface area contributed by atoms with Gasteiger partial charge in [-0.3, -0.25) is 20.4 Å². The van der Waals surface area contributed by atoms with Gasteiger partial charge >= 0.3 is 0 Å². The van der Waals surface area contributed by atoms with Gasteiger partial charge in [0.2, 0.25) is 0 Å². The molecule has 0 radical (unpaired) electrons. The van der Waals surface area contributed by atoms with Crippen LogP contribution in [0, 0.1) is 0 Å². The third kappa shape index (κ3) is 5.24. The van der Waals surface area contributed by atoms with Crippen LogP contribution in [0.25, 0.3) is 0 Å². The molecule has 1 aliphatic heterocycles. The first-order chi connectivity index (χ1) is 13.6. The zero-order chi connectivity index (χ0) is 19.9. The summed E-state index contributed by atoms with van der Waals surface area (Å²) in [5.74, 6) is 0.418. The molecule has 1 fully saturated rings. The molecule has 1 aliphatic rings. The van der Waals surface area contributed by atoms with Crippen molar-refractivity contribution in [2.75, 3.05) is 20.3 Å². The average Bonchev–Trinajstić information content (AvgIpc) is 3.24. The van der Waals surface area contributed by atoms with Crippen LogP contribution >= 0.6 is 15.9 Å². The smallest absolute Gasteiger partial charge is 0.269 e. The standard InChI is InChI=1S/C20H21BrN2O5/c1-26-18-9-6-14(11-17(18)21)20(25)23-22-19(24)13-4-7-15(8-5-13)28-12-16-3-2-10-27-16/h4-9,11,16H,2-3,10,12H2,1H3,(H,22,24)(H,23,25). The number of carbonyl (C=O) groups is 2. The van der Waals surface area contributed by atoms with Crippen LogP contribution in [0.15, 0.2) is 46.9 Å². The van der Waals surface area contributed by atoms with Gasteiger partial charge in [-0.15, -0.1) is 0 Å². The highest BCUT2D eigenvalue weighted by Crippen LogP contribution is 2.25. The quantitative estimate of drug-likeness (QED) is 0.663. The van der Waals surface area contributed by atoms with Crippen LogP contribution < -0.4 is 20.3 Å². The number of hydrazine groups is 1. The molecule has 2 amide bonds. The summed E-state index contributed by atoms with van der Waals surface area (Å²) >= 11 is 3.32. The number of ether oxygens (including phenoxy) is 3. The summed E-state index contributed by atoms with van der Waals surface area (Å²) in [5.41, 5.74) is 5.57. The largest absolute Gasteiger partial charge is 0.496 e. The Morgan fingerprint density at radius 2 is 1.79 bits per heavy atom. The van der Waals surface area contributed by atoms with Crippen LogP contribution in [0.1, 0.15) is 33.6 Å². The van der Waals surface area contributed by atoms with Crippen molar-refractivity contribution in [1.29, 1.82) is 0 Å². The Morgan fingerprint density at radius 3 is 2.39 bits per heavy atom. The van der Waals surface area contributed by atoms with E-state index in [4.69, 9.17) is 14.2 Å². The lowest BCUT2D eigenvalue weighted by Crippen LogP contribution is -2.41. The van der Waals surface area contributed by atoms with Crippen LogP contribution in [-0.2, 0) is 4.74 Å². The third-order valence-electron chi connectivity index (χ3n) is 4.28. The number of methoxy groups -OCH3 is 1. The Hall–Kier alpha value is -2.58. The maximum Gasteiger partial charge on any atom is 0.269 e. The third-order valence-corrected chi connectivity index (χ3v) is 4.90. The molecule has 2 aromatic rings. The minimum absolute atomic E-state index is 0.135. The van der Waals surface area contributed by atoms with E-state index >= 15 is 0 Å². The van der Waals surface area contributed by atoms with Crippen molar-refractivity contribution in [3.63, 3.8) is 0 Å². The minimum Gasteiger partial charge on any atom is -0.496 e. The SMILES string of the molecule is COc1ccc(C(=O)NNC(=O)c2ccc(OCC3CCCO3)cc2)cc1Br. The molecule has 0 bridgehead atoms. The van der Waals surface area contributed by atoms with Gasteiger partial charge in [0.05, 0.1) is 17.7 Å². The second-order valence-corrected chi connectivity index (χ2v) is 7.08. The molecule has 1 atom stereocenters. The van der Waals surface area contributed by atoms with Crippen LogP contribution in [0.2, 0.25) is 0 Å². The molecule has 0 spiro atoms. The molecule has 2 aromatic carbocycles. The molecular weight excluding hydrogens is 428 g/mol. The minimum atomic E-state index is -0.437. The highest BCUT2D eigenvalue weighted by molar-refractivity contribution is 9.10. The Bertz CT molecular complexity index is 835. The van der Waals surface area contributed by atoms with Crippen molar-refractivity contribution in [1.82, 2.24) is 10.9 Å². The van der Waals surface area contributed by atoms with Gasteiger partial charge in [-0.1, -0.05) is 0 Å². The molecule has 7 nitrogen and oxygen atoms in total. The fraction of sp³-hybridized carbons (Fsp3) is 0.300. The molecule has 2 N–H and O–H groups in total. The number of benzene rings is 2. The number of carbonyl (C=O) groups excluding carboxylic acids is 2. The van der Waals surface area contributed by atoms with E-state index < -0.39 is 11.8 Å². The van der Waals surface area contributed by atoms with Crippen LogP contribution in [-0.4, -0.2) is 38.2 Å². The summed E-state index contributed by atoms with van der Waals surface area (Å²) in [5, 5.41) is 0. The molecule has 0 aliphatic carbocycles. The number of halogens is 1. The van der Waals surface area contributed by atoms with Crippen LogP contribution in [0.4, 0.5) is 0 Å². The first-order valence-electron chi connectivity index (χ1n) is 8.85. The van der Waals surface area contributed by atoms with Crippen molar-refractivity contribution in [3.8, 4) is 11.5 Å².